The van der Waals surface area contributed by atoms with E-state index in [4.69, 9.17) is 19.9 Å². The third-order valence-corrected chi connectivity index (χ3v) is 6.16. The van der Waals surface area contributed by atoms with Gasteiger partial charge in [-0.3, -0.25) is 0 Å². The van der Waals surface area contributed by atoms with Gasteiger partial charge in [-0.15, -0.1) is 0 Å². The number of aromatic nitrogens is 4. The van der Waals surface area contributed by atoms with Gasteiger partial charge in [0, 0.05) is 11.1 Å². The average molecular weight is 724 g/mol. The van der Waals surface area contributed by atoms with E-state index in [9.17, 15) is 44.7 Å². The monoisotopic (exact) mass is 724 g/mol. The second-order valence-corrected chi connectivity index (χ2v) is 10.1. The van der Waals surface area contributed by atoms with Crippen LogP contribution >= 0.6 is 0 Å². The van der Waals surface area contributed by atoms with E-state index in [0.29, 0.717) is 63.7 Å². The van der Waals surface area contributed by atoms with Crippen molar-refractivity contribution in [1.29, 1.82) is 0 Å². The number of rotatable bonds is 15. The summed E-state index contributed by atoms with van der Waals surface area (Å²) in [6.45, 7) is 4.81. The lowest BCUT2D eigenvalue weighted by Crippen LogP contribution is -2.31. The number of phenols is 2. The van der Waals surface area contributed by atoms with Crippen LogP contribution in [0.5, 0.6) is 11.5 Å². The molecule has 0 atom stereocenters. The summed E-state index contributed by atoms with van der Waals surface area (Å²) in [6.07, 6.45) is 14.3. The van der Waals surface area contributed by atoms with Crippen molar-refractivity contribution < 1.29 is 73.8 Å². The van der Waals surface area contributed by atoms with Gasteiger partial charge in [0.05, 0.1) is 38.9 Å². The first kappa shape index (κ1) is 41.1. The Labute approximate surface area is 280 Å². The Balaban J connectivity index is 0.000000761. The van der Waals surface area contributed by atoms with E-state index < -0.39 is 14.5 Å². The van der Waals surface area contributed by atoms with Crippen molar-refractivity contribution in [2.24, 2.45) is 10.3 Å². The lowest BCUT2D eigenvalue weighted by atomic mass is 10.1. The van der Waals surface area contributed by atoms with Gasteiger partial charge in [-0.25, -0.2) is 18.3 Å². The van der Waals surface area contributed by atoms with Gasteiger partial charge < -0.3 is 64.6 Å². The molecule has 0 bridgehead atoms. The molecule has 0 unspecified atom stereocenters. The molecule has 0 fully saturated rings. The number of hydrogen-bond acceptors (Lipinski definition) is 8. The zero-order valence-corrected chi connectivity index (χ0v) is 26.2. The molecular weight excluding hydrogens is 690 g/mol. The Kier molecular flexibility index (Phi) is 16.8. The maximum atomic E-state index is 9.80. The van der Waals surface area contributed by atoms with E-state index in [2.05, 4.69) is 10.3 Å². The molecule has 2 aromatic carbocycles. The molecule has 2 heterocycles. The molecule has 0 amide bonds. The number of hydrogen-bond donors (Lipinski definition) is 4. The Hall–Kier alpha value is -5.11. The van der Waals surface area contributed by atoms with Crippen LogP contribution in [0.3, 0.4) is 0 Å². The van der Waals surface area contributed by atoms with Crippen LogP contribution in [0, 0.1) is 0 Å². The summed E-state index contributed by atoms with van der Waals surface area (Å²) in [4.78, 5) is 0. The van der Waals surface area contributed by atoms with Gasteiger partial charge >= 0.3 is 14.5 Å². The zero-order valence-electron chi connectivity index (χ0n) is 26.2. The number of nitrogens with zero attached hydrogens (tertiary/aromatic N) is 6. The van der Waals surface area contributed by atoms with E-state index in [-0.39, 0.29) is 11.5 Å². The standard InChI is InChI=1S/C28H32N6O6.2BF4/c35-27-3-1-23(15-25(27)17-29-37)19-33-7-5-31(21-33)9-11-39-13-14-40-12-10-32-6-8-34(22-32)20-24-2-4-28(36)26(16-24)18-30-38;2*2-1(3,4)5/h1-8,15-18,21-22H,9-14,19-20H2,(H2-2,29,30,35,36,37,38);;/q;2*-1/p+2. The van der Waals surface area contributed by atoms with Crippen molar-refractivity contribution in [2.75, 3.05) is 26.4 Å². The number of benzene rings is 2. The number of ether oxygens (including phenoxy) is 2. The molecule has 0 saturated carbocycles. The van der Waals surface area contributed by atoms with E-state index in [0.717, 1.165) is 11.1 Å². The fraction of sp³-hybridized carbons (Fsp3) is 0.286. The van der Waals surface area contributed by atoms with Gasteiger partial charge in [0.15, 0.2) is 0 Å². The molecule has 4 N–H and O–H groups in total. The highest BCUT2D eigenvalue weighted by molar-refractivity contribution is 6.50. The van der Waals surface area contributed by atoms with Crippen LogP contribution in [-0.2, 0) is 35.7 Å². The summed E-state index contributed by atoms with van der Waals surface area (Å²) in [7, 11) is -12.0. The van der Waals surface area contributed by atoms with Crippen LogP contribution in [0.25, 0.3) is 0 Å². The van der Waals surface area contributed by atoms with Crippen LogP contribution in [0.4, 0.5) is 34.5 Å². The van der Waals surface area contributed by atoms with Crippen LogP contribution < -0.4 is 9.13 Å². The first-order chi connectivity index (χ1) is 23.5. The third-order valence-electron chi connectivity index (χ3n) is 6.16. The molecule has 0 radical (unpaired) electrons. The minimum atomic E-state index is -6.00. The molecule has 50 heavy (non-hydrogen) atoms. The van der Waals surface area contributed by atoms with Crippen molar-refractivity contribution in [3.63, 3.8) is 0 Å². The summed E-state index contributed by atoms with van der Waals surface area (Å²) in [5.41, 5.74) is 2.87. The van der Waals surface area contributed by atoms with Gasteiger partial charge in [-0.05, 0) is 35.4 Å². The van der Waals surface area contributed by atoms with Crippen LogP contribution in [0.2, 0.25) is 0 Å². The van der Waals surface area contributed by atoms with Crippen LogP contribution in [-0.4, -0.2) is 83.1 Å². The molecule has 0 spiro atoms. The summed E-state index contributed by atoms with van der Waals surface area (Å²) in [5.74, 6) is 0.131. The Bertz CT molecular complexity index is 1520. The summed E-state index contributed by atoms with van der Waals surface area (Å²) >= 11 is 0. The quantitative estimate of drug-likeness (QED) is 0.0274. The van der Waals surface area contributed by atoms with Crippen LogP contribution in [0.15, 0.2) is 84.2 Å². The predicted octanol–water partition coefficient (Wildman–Crippen LogP) is 4.32. The predicted molar refractivity (Wildman–Crippen MR) is 164 cm³/mol. The van der Waals surface area contributed by atoms with Crippen molar-refractivity contribution in [3.8, 4) is 11.5 Å². The average Bonchev–Trinajstić information content (AvgIpc) is 3.65. The Morgan fingerprint density at radius 2 is 0.980 bits per heavy atom. The van der Waals surface area contributed by atoms with E-state index in [1.54, 1.807) is 24.3 Å². The minimum Gasteiger partial charge on any atom is -0.507 e. The number of oxime groups is 2. The molecule has 4 rings (SSSR count). The largest absolute Gasteiger partial charge is 0.673 e. The smallest absolute Gasteiger partial charge is 0.507 e. The number of imidazole rings is 2. The normalized spacial score (nSPS) is 11.8. The molecule has 0 saturated heterocycles. The highest BCUT2D eigenvalue weighted by atomic mass is 19.5. The SMILES string of the molecule is F[B-](F)(F)F.F[B-](F)(F)F.O/N=C/c1cc(C[n+]2ccn(CCOCCOCCn3cc[n+](Cc4ccc(O)c(/C=N/O)c4)c3)c2)ccc1O. The topological polar surface area (TPSA) is 142 Å². The summed E-state index contributed by atoms with van der Waals surface area (Å²) in [5, 5.41) is 43.0. The highest BCUT2D eigenvalue weighted by Crippen LogP contribution is 2.17. The lowest BCUT2D eigenvalue weighted by Gasteiger charge is -2.04. The molecular formula is C28H34B2F8N6O6. The maximum absolute atomic E-state index is 9.80. The summed E-state index contributed by atoms with van der Waals surface area (Å²) < 4.78 is 97.5. The zero-order chi connectivity index (χ0) is 37.2. The third kappa shape index (κ3) is 18.4. The highest BCUT2D eigenvalue weighted by Gasteiger charge is 2.21. The number of phenolic OH excluding ortho intramolecular Hbond substituents is 2. The fourth-order valence-electron chi connectivity index (χ4n) is 4.15. The first-order valence-electron chi connectivity index (χ1n) is 14.5. The second kappa shape index (κ2) is 20.4. The molecule has 0 aliphatic heterocycles. The van der Waals surface area contributed by atoms with E-state index in [1.165, 1.54) is 12.4 Å². The van der Waals surface area contributed by atoms with Crippen molar-refractivity contribution in [1.82, 2.24) is 9.13 Å². The van der Waals surface area contributed by atoms with Crippen molar-refractivity contribution >= 4 is 26.9 Å². The second-order valence-electron chi connectivity index (χ2n) is 10.1. The summed E-state index contributed by atoms with van der Waals surface area (Å²) in [6, 6.07) is 10.4. The molecule has 274 valence electrons. The molecule has 0 aliphatic rings. The van der Waals surface area contributed by atoms with Gasteiger partial charge in [-0.1, -0.05) is 22.4 Å². The van der Waals surface area contributed by atoms with Gasteiger partial charge in [-0.2, -0.15) is 0 Å². The molecule has 2 aromatic heterocycles. The molecule has 0 aliphatic carbocycles. The first-order valence-corrected chi connectivity index (χ1v) is 14.5. The van der Waals surface area contributed by atoms with Crippen molar-refractivity contribution in [2.45, 2.75) is 26.2 Å². The maximum Gasteiger partial charge on any atom is 0.673 e. The lowest BCUT2D eigenvalue weighted by molar-refractivity contribution is -0.688. The number of aromatic hydroxyl groups is 2. The van der Waals surface area contributed by atoms with Crippen molar-refractivity contribution in [3.05, 3.63) is 96.1 Å². The Morgan fingerprint density at radius 3 is 1.32 bits per heavy atom. The van der Waals surface area contributed by atoms with Gasteiger partial charge in [0.1, 0.15) is 62.5 Å². The number of halogens is 8. The Morgan fingerprint density at radius 1 is 0.620 bits per heavy atom. The molecule has 4 aromatic rings. The molecule has 22 heteroatoms. The van der Waals surface area contributed by atoms with E-state index in [1.807, 2.05) is 67.8 Å². The van der Waals surface area contributed by atoms with Crippen LogP contribution in [0.1, 0.15) is 22.3 Å². The molecule has 12 nitrogen and oxygen atoms in total. The van der Waals surface area contributed by atoms with Gasteiger partial charge in [0.25, 0.3) is 0 Å². The van der Waals surface area contributed by atoms with E-state index >= 15 is 0 Å². The fourth-order valence-corrected chi connectivity index (χ4v) is 4.15. The minimum absolute atomic E-state index is 0.0657. The van der Waals surface area contributed by atoms with Gasteiger partial charge in [0.2, 0.25) is 12.7 Å².